The first-order valence-electron chi connectivity index (χ1n) is 7.10. The first kappa shape index (κ1) is 15.3. The second-order valence-electron chi connectivity index (χ2n) is 5.85. The van der Waals surface area contributed by atoms with E-state index in [1.807, 2.05) is 19.9 Å². The molecule has 4 nitrogen and oxygen atoms in total. The molecule has 1 N–H and O–H groups in total. The largest absolute Gasteiger partial charge is 0.496 e. The van der Waals surface area contributed by atoms with Crippen molar-refractivity contribution in [2.75, 3.05) is 20.3 Å². The lowest BCUT2D eigenvalue weighted by molar-refractivity contribution is -0.253. The normalized spacial score (nSPS) is 20.6. The molecule has 0 amide bonds. The van der Waals surface area contributed by atoms with Gasteiger partial charge in [-0.25, -0.2) is 0 Å². The van der Waals surface area contributed by atoms with E-state index in [2.05, 4.69) is 31.3 Å². The van der Waals surface area contributed by atoms with Gasteiger partial charge in [-0.05, 0) is 33.8 Å². The average molecular weight is 279 g/mol. The number of methoxy groups -OCH3 is 1. The van der Waals surface area contributed by atoms with Gasteiger partial charge >= 0.3 is 0 Å². The van der Waals surface area contributed by atoms with Crippen LogP contribution in [0, 0.1) is 6.92 Å². The van der Waals surface area contributed by atoms with Gasteiger partial charge in [-0.2, -0.15) is 0 Å². The molecule has 0 spiro atoms. The molecule has 1 fully saturated rings. The van der Waals surface area contributed by atoms with Crippen LogP contribution in [-0.2, 0) is 9.47 Å². The van der Waals surface area contributed by atoms with Gasteiger partial charge in [-0.3, -0.25) is 0 Å². The summed E-state index contributed by atoms with van der Waals surface area (Å²) in [5.74, 6) is 0.441. The molecule has 0 radical (unpaired) electrons. The predicted octanol–water partition coefficient (Wildman–Crippen LogP) is 2.81. The Morgan fingerprint density at radius 2 is 1.95 bits per heavy atom. The third-order valence-electron chi connectivity index (χ3n) is 3.60. The van der Waals surface area contributed by atoms with E-state index in [9.17, 15) is 0 Å². The van der Waals surface area contributed by atoms with Gasteiger partial charge in [0.15, 0.2) is 5.79 Å². The van der Waals surface area contributed by atoms with Crippen molar-refractivity contribution in [1.29, 1.82) is 0 Å². The highest BCUT2D eigenvalue weighted by molar-refractivity contribution is 5.38. The SMILES string of the molecule is COc1ccc(C)cc1C(C)NC1COC(C)(C)OC1. The van der Waals surface area contributed by atoms with Crippen LogP contribution in [-0.4, -0.2) is 32.2 Å². The zero-order valence-corrected chi connectivity index (χ0v) is 13.0. The number of nitrogens with one attached hydrogen (secondary N) is 1. The van der Waals surface area contributed by atoms with Gasteiger partial charge in [-0.1, -0.05) is 17.7 Å². The molecule has 0 saturated carbocycles. The van der Waals surface area contributed by atoms with Crippen molar-refractivity contribution in [3.8, 4) is 5.75 Å². The predicted molar refractivity (Wildman–Crippen MR) is 79.1 cm³/mol. The lowest BCUT2D eigenvalue weighted by Gasteiger charge is -2.36. The molecule has 1 aliphatic rings. The molecular formula is C16H25NO3. The van der Waals surface area contributed by atoms with E-state index in [-0.39, 0.29) is 12.1 Å². The zero-order chi connectivity index (χ0) is 14.8. The fourth-order valence-corrected chi connectivity index (χ4v) is 2.42. The van der Waals surface area contributed by atoms with E-state index in [1.54, 1.807) is 7.11 Å². The lowest BCUT2D eigenvalue weighted by atomic mass is 10.0. The molecular weight excluding hydrogens is 254 g/mol. The molecule has 1 aromatic rings. The van der Waals surface area contributed by atoms with Crippen LogP contribution >= 0.6 is 0 Å². The van der Waals surface area contributed by atoms with E-state index in [0.717, 1.165) is 11.3 Å². The second kappa shape index (κ2) is 6.12. The van der Waals surface area contributed by atoms with Crippen LogP contribution in [0.3, 0.4) is 0 Å². The van der Waals surface area contributed by atoms with Gasteiger partial charge in [0.25, 0.3) is 0 Å². The fourth-order valence-electron chi connectivity index (χ4n) is 2.42. The Morgan fingerprint density at radius 1 is 1.30 bits per heavy atom. The molecule has 0 aromatic heterocycles. The molecule has 1 aromatic carbocycles. The minimum absolute atomic E-state index is 0.184. The third-order valence-corrected chi connectivity index (χ3v) is 3.60. The second-order valence-corrected chi connectivity index (χ2v) is 5.85. The van der Waals surface area contributed by atoms with Crippen LogP contribution in [0.25, 0.3) is 0 Å². The Bertz CT molecular complexity index is 449. The first-order valence-corrected chi connectivity index (χ1v) is 7.10. The summed E-state index contributed by atoms with van der Waals surface area (Å²) < 4.78 is 16.8. The maximum absolute atomic E-state index is 5.68. The fraction of sp³-hybridized carbons (Fsp3) is 0.625. The monoisotopic (exact) mass is 279 g/mol. The molecule has 1 heterocycles. The van der Waals surface area contributed by atoms with Gasteiger partial charge in [0.1, 0.15) is 5.75 Å². The zero-order valence-electron chi connectivity index (χ0n) is 13.0. The molecule has 1 atom stereocenters. The third kappa shape index (κ3) is 3.72. The summed E-state index contributed by atoms with van der Waals surface area (Å²) in [6.45, 7) is 9.42. The lowest BCUT2D eigenvalue weighted by Crippen LogP contribution is -2.49. The van der Waals surface area contributed by atoms with E-state index >= 15 is 0 Å². The van der Waals surface area contributed by atoms with Crippen LogP contribution in [0.15, 0.2) is 18.2 Å². The smallest absolute Gasteiger partial charge is 0.162 e. The van der Waals surface area contributed by atoms with Gasteiger partial charge < -0.3 is 19.5 Å². The summed E-state index contributed by atoms with van der Waals surface area (Å²) >= 11 is 0. The summed E-state index contributed by atoms with van der Waals surface area (Å²) in [4.78, 5) is 0. The van der Waals surface area contributed by atoms with E-state index in [1.165, 1.54) is 5.56 Å². The van der Waals surface area contributed by atoms with Crippen LogP contribution < -0.4 is 10.1 Å². The Labute approximate surface area is 121 Å². The van der Waals surface area contributed by atoms with Gasteiger partial charge in [0.2, 0.25) is 0 Å². The highest BCUT2D eigenvalue weighted by atomic mass is 16.7. The molecule has 1 unspecified atom stereocenters. The minimum atomic E-state index is -0.470. The molecule has 2 rings (SSSR count). The van der Waals surface area contributed by atoms with E-state index in [4.69, 9.17) is 14.2 Å². The van der Waals surface area contributed by atoms with Gasteiger partial charge in [-0.15, -0.1) is 0 Å². The maximum atomic E-state index is 5.68. The molecule has 4 heteroatoms. The molecule has 112 valence electrons. The van der Waals surface area contributed by atoms with Crippen LogP contribution in [0.1, 0.15) is 37.9 Å². The maximum Gasteiger partial charge on any atom is 0.162 e. The average Bonchev–Trinajstić information content (AvgIpc) is 2.41. The van der Waals surface area contributed by atoms with Crippen molar-refractivity contribution in [2.45, 2.75) is 45.6 Å². The van der Waals surface area contributed by atoms with Crippen molar-refractivity contribution in [3.05, 3.63) is 29.3 Å². The molecule has 1 saturated heterocycles. The van der Waals surface area contributed by atoms with Crippen LogP contribution in [0.2, 0.25) is 0 Å². The molecule has 20 heavy (non-hydrogen) atoms. The molecule has 1 aliphatic heterocycles. The van der Waals surface area contributed by atoms with Gasteiger partial charge in [0, 0.05) is 11.6 Å². The topological polar surface area (TPSA) is 39.7 Å². The summed E-state index contributed by atoms with van der Waals surface area (Å²) in [5.41, 5.74) is 2.39. The molecule has 0 bridgehead atoms. The van der Waals surface area contributed by atoms with Crippen molar-refractivity contribution in [2.24, 2.45) is 0 Å². The van der Waals surface area contributed by atoms with Crippen LogP contribution in [0.4, 0.5) is 0 Å². The standard InChI is InChI=1S/C16H25NO3/c1-11-6-7-15(18-5)14(8-11)12(2)17-13-9-19-16(3,4)20-10-13/h6-8,12-13,17H,9-10H2,1-5H3. The Kier molecular flexibility index (Phi) is 4.68. The Balaban J connectivity index is 2.02. The van der Waals surface area contributed by atoms with E-state index < -0.39 is 5.79 Å². The number of benzene rings is 1. The minimum Gasteiger partial charge on any atom is -0.496 e. The number of hydrogen-bond acceptors (Lipinski definition) is 4. The van der Waals surface area contributed by atoms with Crippen molar-refractivity contribution >= 4 is 0 Å². The van der Waals surface area contributed by atoms with E-state index in [0.29, 0.717) is 13.2 Å². The van der Waals surface area contributed by atoms with Crippen LogP contribution in [0.5, 0.6) is 5.75 Å². The highest BCUT2D eigenvalue weighted by Crippen LogP contribution is 2.27. The summed E-state index contributed by atoms with van der Waals surface area (Å²) in [5, 5.41) is 3.54. The van der Waals surface area contributed by atoms with Crippen molar-refractivity contribution in [3.63, 3.8) is 0 Å². The number of aryl methyl sites for hydroxylation is 1. The summed E-state index contributed by atoms with van der Waals surface area (Å²) in [6, 6.07) is 6.61. The molecule has 0 aliphatic carbocycles. The number of ether oxygens (including phenoxy) is 3. The quantitative estimate of drug-likeness (QED) is 0.920. The summed E-state index contributed by atoms with van der Waals surface area (Å²) in [7, 11) is 1.70. The Morgan fingerprint density at radius 3 is 2.55 bits per heavy atom. The number of rotatable bonds is 4. The first-order chi connectivity index (χ1) is 9.41. The van der Waals surface area contributed by atoms with Gasteiger partial charge in [0.05, 0.1) is 26.4 Å². The van der Waals surface area contributed by atoms with Crippen molar-refractivity contribution < 1.29 is 14.2 Å². The summed E-state index contributed by atoms with van der Waals surface area (Å²) in [6.07, 6.45) is 0. The number of hydrogen-bond donors (Lipinski definition) is 1. The highest BCUT2D eigenvalue weighted by Gasteiger charge is 2.29. The Hall–Kier alpha value is -1.10. The van der Waals surface area contributed by atoms with Crippen molar-refractivity contribution in [1.82, 2.24) is 5.32 Å².